The van der Waals surface area contributed by atoms with E-state index in [9.17, 15) is 4.79 Å². The summed E-state index contributed by atoms with van der Waals surface area (Å²) in [6, 6.07) is 14.2. The summed E-state index contributed by atoms with van der Waals surface area (Å²) in [7, 11) is 3.82. The van der Waals surface area contributed by atoms with Crippen molar-refractivity contribution in [3.8, 4) is 0 Å². The van der Waals surface area contributed by atoms with Gasteiger partial charge in [-0.05, 0) is 43.7 Å². The van der Waals surface area contributed by atoms with E-state index in [1.54, 1.807) is 4.68 Å². The molecule has 0 saturated carbocycles. The fraction of sp³-hybridized carbons (Fsp3) is 0.300. The summed E-state index contributed by atoms with van der Waals surface area (Å²) in [6.45, 7) is 5.76. The van der Waals surface area contributed by atoms with Crippen molar-refractivity contribution in [1.82, 2.24) is 9.78 Å². The van der Waals surface area contributed by atoms with E-state index in [-0.39, 0.29) is 11.9 Å². The quantitative estimate of drug-likeness (QED) is 0.791. The highest BCUT2D eigenvalue weighted by molar-refractivity contribution is 5.98. The monoisotopic (exact) mass is 336 g/mol. The number of carbonyl (C=O) groups is 1. The molecule has 1 heterocycles. The highest BCUT2D eigenvalue weighted by atomic mass is 16.2. The Balaban J connectivity index is 1.80. The van der Waals surface area contributed by atoms with Gasteiger partial charge in [-0.25, -0.2) is 0 Å². The minimum Gasteiger partial charge on any atom is -0.363 e. The second kappa shape index (κ2) is 6.59. The number of aryl methyl sites for hydroxylation is 2. The van der Waals surface area contributed by atoms with Crippen LogP contribution in [-0.2, 0) is 11.8 Å². The van der Waals surface area contributed by atoms with Gasteiger partial charge in [0.1, 0.15) is 6.04 Å². The molecule has 3 aromatic rings. The molecule has 0 fully saturated rings. The Kier molecular flexibility index (Phi) is 4.49. The molecule has 0 aliphatic carbocycles. The van der Waals surface area contributed by atoms with Crippen LogP contribution in [0.2, 0.25) is 0 Å². The van der Waals surface area contributed by atoms with Crippen LogP contribution >= 0.6 is 0 Å². The van der Waals surface area contributed by atoms with E-state index in [2.05, 4.69) is 34.7 Å². The van der Waals surface area contributed by atoms with Crippen molar-refractivity contribution >= 4 is 28.1 Å². The number of amides is 1. The molecule has 5 nitrogen and oxygen atoms in total. The summed E-state index contributed by atoms with van der Waals surface area (Å²) in [4.78, 5) is 14.7. The van der Waals surface area contributed by atoms with Crippen molar-refractivity contribution in [2.24, 2.45) is 7.05 Å². The summed E-state index contributed by atoms with van der Waals surface area (Å²) in [5.41, 5.74) is 3.59. The van der Waals surface area contributed by atoms with Gasteiger partial charge in [-0.1, -0.05) is 30.3 Å². The normalized spacial score (nSPS) is 12.2. The third-order valence-corrected chi connectivity index (χ3v) is 4.86. The number of nitrogens with one attached hydrogen (secondary N) is 1. The van der Waals surface area contributed by atoms with Gasteiger partial charge in [-0.3, -0.25) is 9.48 Å². The zero-order valence-electron chi connectivity index (χ0n) is 15.4. The third kappa shape index (κ3) is 3.22. The van der Waals surface area contributed by atoms with E-state index in [4.69, 9.17) is 0 Å². The molecular weight excluding hydrogens is 312 g/mol. The summed E-state index contributed by atoms with van der Waals surface area (Å²) < 4.78 is 1.78. The first-order chi connectivity index (χ1) is 11.9. The van der Waals surface area contributed by atoms with Crippen molar-refractivity contribution in [2.45, 2.75) is 26.8 Å². The maximum absolute atomic E-state index is 12.7. The predicted molar refractivity (Wildman–Crippen MR) is 103 cm³/mol. The van der Waals surface area contributed by atoms with Crippen LogP contribution in [0.3, 0.4) is 0 Å². The maximum Gasteiger partial charge on any atom is 0.246 e. The molecule has 130 valence electrons. The van der Waals surface area contributed by atoms with Crippen LogP contribution in [0.15, 0.2) is 42.5 Å². The molecule has 0 aliphatic heterocycles. The second-order valence-electron chi connectivity index (χ2n) is 6.48. The van der Waals surface area contributed by atoms with Gasteiger partial charge in [0.15, 0.2) is 0 Å². The van der Waals surface area contributed by atoms with Gasteiger partial charge in [-0.15, -0.1) is 0 Å². The van der Waals surface area contributed by atoms with Crippen LogP contribution in [-0.4, -0.2) is 28.8 Å². The lowest BCUT2D eigenvalue weighted by atomic mass is 10.1. The fourth-order valence-electron chi connectivity index (χ4n) is 2.98. The molecule has 0 bridgehead atoms. The molecular formula is C20H24N4O. The van der Waals surface area contributed by atoms with Gasteiger partial charge in [0.25, 0.3) is 0 Å². The molecule has 1 aromatic heterocycles. The topological polar surface area (TPSA) is 50.2 Å². The molecule has 5 heteroatoms. The highest BCUT2D eigenvalue weighted by Gasteiger charge is 2.21. The molecule has 0 unspecified atom stereocenters. The Labute approximate surface area is 148 Å². The first-order valence-electron chi connectivity index (χ1n) is 8.41. The van der Waals surface area contributed by atoms with Gasteiger partial charge in [0, 0.05) is 19.8 Å². The molecule has 0 saturated heterocycles. The van der Waals surface area contributed by atoms with Crippen molar-refractivity contribution in [3.63, 3.8) is 0 Å². The van der Waals surface area contributed by atoms with E-state index < -0.39 is 0 Å². The Morgan fingerprint density at radius 3 is 2.48 bits per heavy atom. The first-order valence-corrected chi connectivity index (χ1v) is 8.41. The fourth-order valence-corrected chi connectivity index (χ4v) is 2.98. The molecule has 2 aromatic carbocycles. The minimum atomic E-state index is -0.305. The average molecular weight is 336 g/mol. The Hall–Kier alpha value is -2.82. The van der Waals surface area contributed by atoms with E-state index in [0.717, 1.165) is 22.8 Å². The van der Waals surface area contributed by atoms with Gasteiger partial charge in [-0.2, -0.15) is 5.10 Å². The van der Waals surface area contributed by atoms with Crippen LogP contribution in [0.4, 0.5) is 11.4 Å². The smallest absolute Gasteiger partial charge is 0.246 e. The lowest BCUT2D eigenvalue weighted by Crippen LogP contribution is -2.39. The van der Waals surface area contributed by atoms with E-state index in [1.165, 1.54) is 10.8 Å². The number of hydrogen-bond donors (Lipinski definition) is 1. The number of fused-ring (bicyclic) bond motifs is 1. The van der Waals surface area contributed by atoms with Gasteiger partial charge >= 0.3 is 0 Å². The number of carbonyl (C=O) groups excluding carboxylic acids is 1. The van der Waals surface area contributed by atoms with E-state index in [1.807, 2.05) is 58.0 Å². The molecule has 25 heavy (non-hydrogen) atoms. The van der Waals surface area contributed by atoms with Gasteiger partial charge in [0.05, 0.1) is 17.1 Å². The number of nitrogens with zero attached hydrogens (tertiary/aromatic N) is 3. The number of rotatable bonds is 4. The summed E-state index contributed by atoms with van der Waals surface area (Å²) in [5.74, 6) is -0.0464. The Bertz CT molecular complexity index is 929. The number of hydrogen-bond acceptors (Lipinski definition) is 3. The molecule has 1 atom stereocenters. The largest absolute Gasteiger partial charge is 0.363 e. The number of likely N-dealkylation sites (N-methyl/N-ethyl adjacent to an activating group) is 1. The molecule has 0 spiro atoms. The third-order valence-electron chi connectivity index (χ3n) is 4.86. The lowest BCUT2D eigenvalue weighted by Gasteiger charge is -2.26. The average Bonchev–Trinajstić information content (AvgIpc) is 2.86. The SMILES string of the molecule is Cc1nn(C)c(C)c1NC(=O)[C@H](C)N(C)c1ccc2ccccc2c1. The maximum atomic E-state index is 12.7. The Morgan fingerprint density at radius 1 is 1.16 bits per heavy atom. The van der Waals surface area contributed by atoms with Crippen molar-refractivity contribution < 1.29 is 4.79 Å². The van der Waals surface area contributed by atoms with Crippen LogP contribution in [0.1, 0.15) is 18.3 Å². The Morgan fingerprint density at radius 2 is 1.84 bits per heavy atom. The van der Waals surface area contributed by atoms with Crippen LogP contribution in [0, 0.1) is 13.8 Å². The van der Waals surface area contributed by atoms with Crippen molar-refractivity contribution in [2.75, 3.05) is 17.3 Å². The van der Waals surface area contributed by atoms with E-state index >= 15 is 0 Å². The molecule has 3 rings (SSSR count). The van der Waals surface area contributed by atoms with Crippen molar-refractivity contribution in [1.29, 1.82) is 0 Å². The number of benzene rings is 2. The number of anilines is 2. The van der Waals surface area contributed by atoms with Crippen LogP contribution in [0.5, 0.6) is 0 Å². The molecule has 0 radical (unpaired) electrons. The zero-order valence-corrected chi connectivity index (χ0v) is 15.4. The molecule has 0 aliphatic rings. The van der Waals surface area contributed by atoms with Gasteiger partial charge < -0.3 is 10.2 Å². The predicted octanol–water partition coefficient (Wildman–Crippen LogP) is 3.65. The summed E-state index contributed by atoms with van der Waals surface area (Å²) in [5, 5.41) is 9.73. The van der Waals surface area contributed by atoms with Gasteiger partial charge in [0.2, 0.25) is 5.91 Å². The highest BCUT2D eigenvalue weighted by Crippen LogP contribution is 2.24. The van der Waals surface area contributed by atoms with Crippen LogP contribution < -0.4 is 10.2 Å². The first kappa shape index (κ1) is 17.0. The molecule has 1 N–H and O–H groups in total. The minimum absolute atomic E-state index is 0.0464. The lowest BCUT2D eigenvalue weighted by molar-refractivity contribution is -0.117. The zero-order chi connectivity index (χ0) is 18.1. The summed E-state index contributed by atoms with van der Waals surface area (Å²) in [6.07, 6.45) is 0. The summed E-state index contributed by atoms with van der Waals surface area (Å²) >= 11 is 0. The number of aromatic nitrogens is 2. The van der Waals surface area contributed by atoms with Crippen molar-refractivity contribution in [3.05, 3.63) is 53.9 Å². The van der Waals surface area contributed by atoms with E-state index in [0.29, 0.717) is 0 Å². The molecule has 1 amide bonds. The second-order valence-corrected chi connectivity index (χ2v) is 6.48. The van der Waals surface area contributed by atoms with Crippen LogP contribution in [0.25, 0.3) is 10.8 Å². The standard InChI is InChI=1S/C20H24N4O/c1-13-19(14(2)24(5)22-13)21-20(25)15(3)23(4)18-11-10-16-8-6-7-9-17(16)12-18/h6-12,15H,1-5H3,(H,21,25)/t15-/m0/s1.